The van der Waals surface area contributed by atoms with Gasteiger partial charge in [0.1, 0.15) is 11.4 Å². The molecule has 0 amide bonds. The van der Waals surface area contributed by atoms with Crippen molar-refractivity contribution in [3.63, 3.8) is 0 Å². The first kappa shape index (κ1) is 16.0. The Hall–Kier alpha value is -2.53. The lowest BCUT2D eigenvalue weighted by Gasteiger charge is -2.28. The number of pyridine rings is 1. The van der Waals surface area contributed by atoms with Crippen molar-refractivity contribution in [3.05, 3.63) is 47.8 Å². The molecule has 0 radical (unpaired) electrons. The van der Waals surface area contributed by atoms with E-state index in [-0.39, 0.29) is 0 Å². The van der Waals surface area contributed by atoms with Crippen LogP contribution in [0.2, 0.25) is 0 Å². The molecule has 1 saturated heterocycles. The van der Waals surface area contributed by atoms with Crippen molar-refractivity contribution >= 4 is 11.3 Å². The largest absolute Gasteiger partial charge is 0.496 e. The third-order valence-corrected chi connectivity index (χ3v) is 4.84. The number of rotatable bonds is 3. The number of hydrogen-bond donors (Lipinski definition) is 0. The Morgan fingerprint density at radius 2 is 1.88 bits per heavy atom. The van der Waals surface area contributed by atoms with Crippen LogP contribution in [-0.2, 0) is 4.74 Å². The average molecular weight is 337 g/mol. The Bertz CT molecular complexity index is 911. The van der Waals surface area contributed by atoms with E-state index in [0.29, 0.717) is 0 Å². The standard InChI is InChI=1S/C20H23N3O2/c1-14-11-19(24-3)15(2)10-17(14)18-13-23-5-4-16(12-20(23)21-18)22-6-8-25-9-7-22/h4-5,10-13H,6-9H2,1-3H3. The SMILES string of the molecule is COc1cc(C)c(-c2cn3ccc(N4CCOCC4)cc3n2)cc1C. The minimum Gasteiger partial charge on any atom is -0.496 e. The van der Waals surface area contributed by atoms with Crippen LogP contribution in [0.4, 0.5) is 5.69 Å². The molecule has 25 heavy (non-hydrogen) atoms. The zero-order valence-corrected chi connectivity index (χ0v) is 15.0. The molecule has 1 aliphatic rings. The van der Waals surface area contributed by atoms with Crippen molar-refractivity contribution in [3.8, 4) is 17.0 Å². The highest BCUT2D eigenvalue weighted by Crippen LogP contribution is 2.30. The third-order valence-electron chi connectivity index (χ3n) is 4.84. The molecule has 4 rings (SSSR count). The third kappa shape index (κ3) is 2.96. The number of aryl methyl sites for hydroxylation is 2. The predicted molar refractivity (Wildman–Crippen MR) is 99.7 cm³/mol. The molecule has 0 aliphatic carbocycles. The van der Waals surface area contributed by atoms with E-state index in [4.69, 9.17) is 14.5 Å². The van der Waals surface area contributed by atoms with Crippen LogP contribution >= 0.6 is 0 Å². The number of aromatic nitrogens is 2. The minimum absolute atomic E-state index is 0.787. The van der Waals surface area contributed by atoms with Gasteiger partial charge in [0.05, 0.1) is 26.0 Å². The van der Waals surface area contributed by atoms with E-state index in [1.165, 1.54) is 11.3 Å². The summed E-state index contributed by atoms with van der Waals surface area (Å²) in [6, 6.07) is 8.53. The van der Waals surface area contributed by atoms with Crippen LogP contribution < -0.4 is 9.64 Å². The number of hydrogen-bond acceptors (Lipinski definition) is 4. The van der Waals surface area contributed by atoms with Gasteiger partial charge in [0.15, 0.2) is 0 Å². The molecule has 1 aliphatic heterocycles. The second-order valence-electron chi connectivity index (χ2n) is 6.51. The molecular weight excluding hydrogens is 314 g/mol. The molecule has 130 valence electrons. The number of nitrogens with zero attached hydrogens (tertiary/aromatic N) is 3. The number of methoxy groups -OCH3 is 1. The summed E-state index contributed by atoms with van der Waals surface area (Å²) in [4.78, 5) is 7.21. The second kappa shape index (κ2) is 6.41. The van der Waals surface area contributed by atoms with Gasteiger partial charge in [-0.15, -0.1) is 0 Å². The van der Waals surface area contributed by atoms with E-state index < -0.39 is 0 Å². The highest BCUT2D eigenvalue weighted by atomic mass is 16.5. The number of benzene rings is 1. The van der Waals surface area contributed by atoms with Gasteiger partial charge in [0.2, 0.25) is 0 Å². The molecule has 3 heterocycles. The Balaban J connectivity index is 1.73. The molecule has 1 fully saturated rings. The number of morpholine rings is 1. The van der Waals surface area contributed by atoms with Crippen LogP contribution in [0, 0.1) is 13.8 Å². The maximum absolute atomic E-state index is 5.44. The molecule has 3 aromatic rings. The number of ether oxygens (including phenoxy) is 2. The van der Waals surface area contributed by atoms with Crippen molar-refractivity contribution in [2.24, 2.45) is 0 Å². The van der Waals surface area contributed by atoms with E-state index in [2.05, 4.69) is 59.8 Å². The van der Waals surface area contributed by atoms with Crippen LogP contribution in [0.25, 0.3) is 16.9 Å². The lowest BCUT2D eigenvalue weighted by atomic mass is 10.0. The molecule has 5 heteroatoms. The molecule has 0 N–H and O–H groups in total. The lowest BCUT2D eigenvalue weighted by Crippen LogP contribution is -2.36. The summed E-state index contributed by atoms with van der Waals surface area (Å²) in [6.45, 7) is 7.60. The van der Waals surface area contributed by atoms with Gasteiger partial charge in [-0.3, -0.25) is 0 Å². The summed E-state index contributed by atoms with van der Waals surface area (Å²) in [5.74, 6) is 0.916. The van der Waals surface area contributed by atoms with Gasteiger partial charge >= 0.3 is 0 Å². The fraction of sp³-hybridized carbons (Fsp3) is 0.350. The number of fused-ring (bicyclic) bond motifs is 1. The molecule has 0 saturated carbocycles. The van der Waals surface area contributed by atoms with Gasteiger partial charge in [0, 0.05) is 42.8 Å². The fourth-order valence-corrected chi connectivity index (χ4v) is 3.40. The van der Waals surface area contributed by atoms with Crippen LogP contribution in [0.15, 0.2) is 36.7 Å². The van der Waals surface area contributed by atoms with Crippen LogP contribution in [-0.4, -0.2) is 42.8 Å². The van der Waals surface area contributed by atoms with Gasteiger partial charge in [0.25, 0.3) is 0 Å². The Morgan fingerprint density at radius 1 is 1.08 bits per heavy atom. The zero-order chi connectivity index (χ0) is 17.4. The van der Waals surface area contributed by atoms with Crippen LogP contribution in [0.5, 0.6) is 5.75 Å². The van der Waals surface area contributed by atoms with Gasteiger partial charge in [-0.05, 0) is 43.2 Å². The predicted octanol–water partition coefficient (Wildman–Crippen LogP) is 3.46. The van der Waals surface area contributed by atoms with E-state index in [9.17, 15) is 0 Å². The van der Waals surface area contributed by atoms with E-state index in [0.717, 1.165) is 54.5 Å². The Kier molecular flexibility index (Phi) is 4.09. The molecule has 5 nitrogen and oxygen atoms in total. The normalized spacial score (nSPS) is 14.9. The minimum atomic E-state index is 0.787. The highest BCUT2D eigenvalue weighted by Gasteiger charge is 2.14. The Labute approximate surface area is 147 Å². The molecular formula is C20H23N3O2. The topological polar surface area (TPSA) is 39.0 Å². The average Bonchev–Trinajstić information content (AvgIpc) is 3.07. The number of imidazole rings is 1. The molecule has 0 bridgehead atoms. The van der Waals surface area contributed by atoms with E-state index in [1.807, 2.05) is 0 Å². The monoisotopic (exact) mass is 337 g/mol. The summed E-state index contributed by atoms with van der Waals surface area (Å²) in [6.07, 6.45) is 4.18. The molecule has 0 unspecified atom stereocenters. The maximum atomic E-state index is 5.44. The maximum Gasteiger partial charge on any atom is 0.139 e. The first-order valence-corrected chi connectivity index (χ1v) is 8.63. The van der Waals surface area contributed by atoms with Crippen molar-refractivity contribution in [1.29, 1.82) is 0 Å². The van der Waals surface area contributed by atoms with Crippen LogP contribution in [0.3, 0.4) is 0 Å². The summed E-state index contributed by atoms with van der Waals surface area (Å²) in [5, 5.41) is 0. The van der Waals surface area contributed by atoms with Gasteiger partial charge in [-0.2, -0.15) is 0 Å². The summed E-state index contributed by atoms with van der Waals surface area (Å²) >= 11 is 0. The van der Waals surface area contributed by atoms with Crippen LogP contribution in [0.1, 0.15) is 11.1 Å². The zero-order valence-electron chi connectivity index (χ0n) is 15.0. The van der Waals surface area contributed by atoms with Gasteiger partial charge in [-0.1, -0.05) is 0 Å². The number of anilines is 1. The van der Waals surface area contributed by atoms with Gasteiger partial charge < -0.3 is 18.8 Å². The summed E-state index contributed by atoms with van der Waals surface area (Å²) in [5.41, 5.74) is 6.59. The van der Waals surface area contributed by atoms with E-state index in [1.54, 1.807) is 7.11 Å². The Morgan fingerprint density at radius 3 is 2.64 bits per heavy atom. The van der Waals surface area contributed by atoms with Crippen molar-refractivity contribution in [2.45, 2.75) is 13.8 Å². The second-order valence-corrected chi connectivity index (χ2v) is 6.51. The van der Waals surface area contributed by atoms with Crippen molar-refractivity contribution in [1.82, 2.24) is 9.38 Å². The molecule has 0 spiro atoms. The molecule has 0 atom stereocenters. The molecule has 2 aromatic heterocycles. The fourth-order valence-electron chi connectivity index (χ4n) is 3.40. The highest BCUT2D eigenvalue weighted by molar-refractivity contribution is 5.70. The molecule has 1 aromatic carbocycles. The lowest BCUT2D eigenvalue weighted by molar-refractivity contribution is 0.122. The summed E-state index contributed by atoms with van der Waals surface area (Å²) < 4.78 is 12.9. The summed E-state index contributed by atoms with van der Waals surface area (Å²) in [7, 11) is 1.71. The van der Waals surface area contributed by atoms with Gasteiger partial charge in [-0.25, -0.2) is 4.98 Å². The van der Waals surface area contributed by atoms with E-state index >= 15 is 0 Å². The first-order chi connectivity index (χ1) is 12.2. The van der Waals surface area contributed by atoms with Crippen molar-refractivity contribution < 1.29 is 9.47 Å². The first-order valence-electron chi connectivity index (χ1n) is 8.63. The smallest absolute Gasteiger partial charge is 0.139 e. The van der Waals surface area contributed by atoms with Crippen molar-refractivity contribution in [2.75, 3.05) is 38.3 Å². The quantitative estimate of drug-likeness (QED) is 0.734.